The lowest BCUT2D eigenvalue weighted by atomic mass is 10.0. The molecule has 0 radical (unpaired) electrons. The molecule has 2 rings (SSSR count). The summed E-state index contributed by atoms with van der Waals surface area (Å²) in [6.07, 6.45) is 6.06. The van der Waals surface area contributed by atoms with Crippen LogP contribution in [0.4, 0.5) is 0 Å². The smallest absolute Gasteiger partial charge is 0.0166 e. The van der Waals surface area contributed by atoms with Gasteiger partial charge in [0.05, 0.1) is 0 Å². The number of hydrogen-bond donors (Lipinski definition) is 0. The van der Waals surface area contributed by atoms with E-state index in [1.54, 1.807) is 0 Å². The maximum Gasteiger partial charge on any atom is 0.0166 e. The highest BCUT2D eigenvalue weighted by Crippen LogP contribution is 2.12. The minimum atomic E-state index is 0.248. The van der Waals surface area contributed by atoms with Crippen molar-refractivity contribution in [2.75, 3.05) is 0 Å². The molecule has 112 valence electrons. The van der Waals surface area contributed by atoms with Crippen LogP contribution in [0.15, 0.2) is 48.5 Å². The highest BCUT2D eigenvalue weighted by atomic mass is 28.2. The summed E-state index contributed by atoms with van der Waals surface area (Å²) in [6, 6.07) is 19.8. The largest absolute Gasteiger partial charge is 0.0748 e. The normalized spacial score (nSPS) is 11.3. The van der Waals surface area contributed by atoms with E-state index < -0.39 is 0 Å². The van der Waals surface area contributed by atoms with Crippen molar-refractivity contribution in [3.05, 3.63) is 70.8 Å². The lowest BCUT2D eigenvalue weighted by Gasteiger charge is -2.05. The molecule has 0 aliphatic heterocycles. The molecule has 21 heavy (non-hydrogen) atoms. The second-order valence-electron chi connectivity index (χ2n) is 5.94. The maximum atomic E-state index is 2.40. The standard InChI is InChI=1S/C20H28Si/c1-3-17-6-8-19(9-7-17)14-15-20-12-10-18(11-13-20)5-4-16-21-2/h6-13H,3-5,14-16,21H2,1-2H3. The predicted molar refractivity (Wildman–Crippen MR) is 97.2 cm³/mol. The van der Waals surface area contributed by atoms with E-state index in [-0.39, 0.29) is 9.52 Å². The average molecular weight is 297 g/mol. The number of aryl methyl sites for hydroxylation is 4. The Morgan fingerprint density at radius 2 is 1.10 bits per heavy atom. The van der Waals surface area contributed by atoms with Gasteiger partial charge in [0.1, 0.15) is 0 Å². The number of rotatable bonds is 8. The van der Waals surface area contributed by atoms with Crippen LogP contribution in [0.1, 0.15) is 35.6 Å². The van der Waals surface area contributed by atoms with E-state index in [4.69, 9.17) is 0 Å². The van der Waals surface area contributed by atoms with Gasteiger partial charge in [-0.3, -0.25) is 0 Å². The molecule has 0 aliphatic carbocycles. The van der Waals surface area contributed by atoms with E-state index in [0.717, 1.165) is 19.3 Å². The van der Waals surface area contributed by atoms with Crippen molar-refractivity contribution in [3.8, 4) is 0 Å². The molecule has 0 bridgehead atoms. The van der Waals surface area contributed by atoms with Crippen LogP contribution >= 0.6 is 0 Å². The van der Waals surface area contributed by atoms with Crippen LogP contribution in [0.5, 0.6) is 0 Å². The molecule has 0 nitrogen and oxygen atoms in total. The zero-order valence-electron chi connectivity index (χ0n) is 13.6. The second kappa shape index (κ2) is 8.84. The maximum absolute atomic E-state index is 2.40. The van der Waals surface area contributed by atoms with Gasteiger partial charge in [-0.1, -0.05) is 74.5 Å². The molecular weight excluding hydrogens is 268 g/mol. The van der Waals surface area contributed by atoms with Gasteiger partial charge in [-0.05, 0) is 47.9 Å². The molecule has 1 heteroatoms. The van der Waals surface area contributed by atoms with E-state index in [1.165, 1.54) is 41.1 Å². The number of benzene rings is 2. The van der Waals surface area contributed by atoms with E-state index >= 15 is 0 Å². The molecule has 0 amide bonds. The Bertz CT molecular complexity index is 511. The Morgan fingerprint density at radius 1 is 0.667 bits per heavy atom. The molecule has 0 saturated carbocycles. The van der Waals surface area contributed by atoms with Crippen molar-refractivity contribution in [2.24, 2.45) is 0 Å². The lowest BCUT2D eigenvalue weighted by molar-refractivity contribution is 0.908. The van der Waals surface area contributed by atoms with Gasteiger partial charge in [0.2, 0.25) is 0 Å². The van der Waals surface area contributed by atoms with Crippen LogP contribution in [-0.2, 0) is 25.7 Å². The first-order valence-corrected chi connectivity index (χ1v) is 10.9. The first kappa shape index (κ1) is 16.0. The second-order valence-corrected chi connectivity index (χ2v) is 7.65. The van der Waals surface area contributed by atoms with Gasteiger partial charge in [0.25, 0.3) is 0 Å². The molecule has 0 aromatic heterocycles. The SMILES string of the molecule is CCc1ccc(CCc2ccc(CCC[SiH2]C)cc2)cc1. The van der Waals surface area contributed by atoms with Gasteiger partial charge in [-0.2, -0.15) is 0 Å². The Labute approximate surface area is 132 Å². The highest BCUT2D eigenvalue weighted by molar-refractivity contribution is 6.33. The van der Waals surface area contributed by atoms with Crippen molar-refractivity contribution >= 4 is 9.52 Å². The summed E-state index contributed by atoms with van der Waals surface area (Å²) < 4.78 is 0. The summed E-state index contributed by atoms with van der Waals surface area (Å²) in [5.41, 5.74) is 5.85. The Morgan fingerprint density at radius 3 is 1.52 bits per heavy atom. The van der Waals surface area contributed by atoms with Gasteiger partial charge < -0.3 is 0 Å². The minimum absolute atomic E-state index is 0.248. The molecule has 2 aromatic rings. The molecular formula is C20H28Si. The van der Waals surface area contributed by atoms with Crippen LogP contribution in [0, 0.1) is 0 Å². The van der Waals surface area contributed by atoms with Gasteiger partial charge in [0, 0.05) is 9.52 Å². The van der Waals surface area contributed by atoms with E-state index in [0.29, 0.717) is 0 Å². The van der Waals surface area contributed by atoms with Gasteiger partial charge in [-0.25, -0.2) is 0 Å². The summed E-state index contributed by atoms with van der Waals surface area (Å²) >= 11 is 0. The third-order valence-electron chi connectivity index (χ3n) is 4.23. The van der Waals surface area contributed by atoms with Crippen LogP contribution in [-0.4, -0.2) is 9.52 Å². The Balaban J connectivity index is 1.82. The molecule has 0 atom stereocenters. The molecule has 0 spiro atoms. The fraction of sp³-hybridized carbons (Fsp3) is 0.400. The lowest BCUT2D eigenvalue weighted by Crippen LogP contribution is -1.93. The zero-order chi connectivity index (χ0) is 14.9. The third kappa shape index (κ3) is 5.51. The van der Waals surface area contributed by atoms with Gasteiger partial charge >= 0.3 is 0 Å². The molecule has 0 fully saturated rings. The van der Waals surface area contributed by atoms with Crippen LogP contribution in [0.25, 0.3) is 0 Å². The summed E-state index contributed by atoms with van der Waals surface area (Å²) in [6.45, 7) is 4.61. The van der Waals surface area contributed by atoms with E-state index in [2.05, 4.69) is 62.0 Å². The molecule has 0 unspecified atom stereocenters. The Hall–Kier alpha value is -1.34. The van der Waals surface area contributed by atoms with Crippen LogP contribution in [0.2, 0.25) is 12.6 Å². The quantitative estimate of drug-likeness (QED) is 0.493. The monoisotopic (exact) mass is 296 g/mol. The van der Waals surface area contributed by atoms with Crippen molar-refractivity contribution in [2.45, 2.75) is 51.6 Å². The summed E-state index contributed by atoms with van der Waals surface area (Å²) in [7, 11) is 0.248. The minimum Gasteiger partial charge on any atom is -0.0748 e. The van der Waals surface area contributed by atoms with Crippen molar-refractivity contribution in [3.63, 3.8) is 0 Å². The van der Waals surface area contributed by atoms with E-state index in [1.807, 2.05) is 0 Å². The first-order valence-electron chi connectivity index (χ1n) is 8.47. The fourth-order valence-corrected chi connectivity index (χ4v) is 3.43. The third-order valence-corrected chi connectivity index (χ3v) is 5.43. The predicted octanol–water partition coefficient (Wildman–Crippen LogP) is 4.60. The molecule has 0 N–H and O–H groups in total. The molecule has 0 heterocycles. The summed E-state index contributed by atoms with van der Waals surface area (Å²) in [4.78, 5) is 0. The molecule has 0 saturated heterocycles. The van der Waals surface area contributed by atoms with Gasteiger partial charge in [0.15, 0.2) is 0 Å². The van der Waals surface area contributed by atoms with Crippen molar-refractivity contribution in [1.82, 2.24) is 0 Å². The summed E-state index contributed by atoms with van der Waals surface area (Å²) in [5, 5.41) is 0. The Kier molecular flexibility index (Phi) is 6.75. The fourth-order valence-electron chi connectivity index (χ4n) is 2.68. The zero-order valence-corrected chi connectivity index (χ0v) is 15.0. The van der Waals surface area contributed by atoms with Crippen molar-refractivity contribution < 1.29 is 0 Å². The van der Waals surface area contributed by atoms with Crippen LogP contribution < -0.4 is 0 Å². The molecule has 0 aliphatic rings. The first-order chi connectivity index (χ1) is 10.3. The highest BCUT2D eigenvalue weighted by Gasteiger charge is 1.98. The molecule has 2 aromatic carbocycles. The van der Waals surface area contributed by atoms with Crippen LogP contribution in [0.3, 0.4) is 0 Å². The van der Waals surface area contributed by atoms with E-state index in [9.17, 15) is 0 Å². The number of hydrogen-bond acceptors (Lipinski definition) is 0. The van der Waals surface area contributed by atoms with Gasteiger partial charge in [-0.15, -0.1) is 0 Å². The van der Waals surface area contributed by atoms with Crippen molar-refractivity contribution in [1.29, 1.82) is 0 Å². The summed E-state index contributed by atoms with van der Waals surface area (Å²) in [5.74, 6) is 0. The average Bonchev–Trinajstić information content (AvgIpc) is 2.55. The topological polar surface area (TPSA) is 0 Å².